The summed E-state index contributed by atoms with van der Waals surface area (Å²) in [7, 11) is 2.73. The minimum atomic E-state index is 1.30. The van der Waals surface area contributed by atoms with Gasteiger partial charge in [-0.05, 0) is 6.16 Å². The quantitative estimate of drug-likeness (QED) is 0.293. The van der Waals surface area contributed by atoms with Crippen LogP contribution >= 0.6 is 8.13 Å². The zero-order valence-corrected chi connectivity index (χ0v) is 7.62. The predicted octanol–water partition coefficient (Wildman–Crippen LogP) is 0.745. The van der Waals surface area contributed by atoms with Crippen LogP contribution in [0.5, 0.6) is 0 Å². The molecule has 0 aliphatic carbocycles. The molecule has 0 aromatic heterocycles. The van der Waals surface area contributed by atoms with Gasteiger partial charge in [0.25, 0.3) is 0 Å². The normalized spacial score (nSPS) is 11.5. The third-order valence-corrected chi connectivity index (χ3v) is 3.13. The molecule has 0 radical (unpaired) electrons. The molecule has 0 N–H and O–H groups in total. The average molecular weight is 120 g/mol. The first-order valence-electron chi connectivity index (χ1n) is 2.56. The highest BCUT2D eigenvalue weighted by Crippen LogP contribution is 2.02. The van der Waals surface area contributed by atoms with Crippen LogP contribution in [0.25, 0.3) is 0 Å². The maximum atomic E-state index is 2.25. The van der Waals surface area contributed by atoms with Crippen LogP contribution in [0, 0.1) is 0 Å². The van der Waals surface area contributed by atoms with Crippen molar-refractivity contribution in [1.82, 2.24) is 0 Å². The molecule has 0 nitrogen and oxygen atoms in total. The largest absolute Gasteiger partial charge is 0.144 e. The highest BCUT2D eigenvalue weighted by atomic mass is 31.3. The van der Waals surface area contributed by atoms with Gasteiger partial charge >= 0.3 is 0 Å². The molecule has 0 bridgehead atoms. The van der Waals surface area contributed by atoms with Crippen molar-refractivity contribution in [1.29, 1.82) is 0 Å². The fourth-order valence-corrected chi connectivity index (χ4v) is 2.12. The van der Waals surface area contributed by atoms with Crippen LogP contribution < -0.4 is 0 Å². The Labute approximate surface area is 44.8 Å². The second-order valence-electron chi connectivity index (χ2n) is 1.46. The van der Waals surface area contributed by atoms with E-state index >= 15 is 0 Å². The van der Waals surface area contributed by atoms with Crippen LogP contribution in [0.1, 0.15) is 19.8 Å². The van der Waals surface area contributed by atoms with E-state index < -0.39 is 0 Å². The van der Waals surface area contributed by atoms with E-state index in [-0.39, 0.29) is 0 Å². The summed E-state index contributed by atoms with van der Waals surface area (Å²) < 4.78 is 0. The maximum absolute atomic E-state index is 2.25. The van der Waals surface area contributed by atoms with Crippen molar-refractivity contribution < 1.29 is 0 Å². The first-order chi connectivity index (χ1) is 2.91. The number of unbranched alkanes of at least 4 members (excludes halogenated alkanes) is 1. The van der Waals surface area contributed by atoms with Crippen LogP contribution in [-0.2, 0) is 0 Å². The van der Waals surface area contributed by atoms with Gasteiger partial charge in [0.05, 0.1) is 0 Å². The molecule has 0 saturated heterocycles. The molecule has 0 aromatic carbocycles. The Bertz CT molecular complexity index is 19.5. The molecular weight excluding hydrogens is 107 g/mol. The lowest BCUT2D eigenvalue weighted by molar-refractivity contribution is 0.896. The van der Waals surface area contributed by atoms with E-state index in [0.29, 0.717) is 0 Å². The highest BCUT2D eigenvalue weighted by molar-refractivity contribution is 7.66. The molecule has 0 saturated carbocycles. The summed E-state index contributed by atoms with van der Waals surface area (Å²) in [6.45, 7) is 2.25. The second-order valence-corrected chi connectivity index (χ2v) is 4.79. The van der Waals surface area contributed by atoms with Gasteiger partial charge in [-0.2, -0.15) is 0 Å². The van der Waals surface area contributed by atoms with Crippen molar-refractivity contribution in [2.75, 3.05) is 6.16 Å². The predicted molar refractivity (Wildman–Crippen MR) is 38.0 cm³/mol. The zero-order chi connectivity index (χ0) is 4.83. The molecule has 0 aliphatic rings. The SMILES string of the molecule is CCCCP[SiH3]. The average Bonchev–Trinajstić information content (AvgIpc) is 1.61. The number of hydrogen-bond acceptors (Lipinski definition) is 0. The van der Waals surface area contributed by atoms with Gasteiger partial charge in [0.1, 0.15) is 0 Å². The Balaban J connectivity index is 2.34. The zero-order valence-electron chi connectivity index (χ0n) is 4.62. The molecule has 38 valence electrons. The van der Waals surface area contributed by atoms with Gasteiger partial charge in [0.2, 0.25) is 0 Å². The Morgan fingerprint density at radius 2 is 2.33 bits per heavy atom. The van der Waals surface area contributed by atoms with E-state index in [2.05, 4.69) is 6.92 Å². The van der Waals surface area contributed by atoms with E-state index in [9.17, 15) is 0 Å². The van der Waals surface area contributed by atoms with E-state index in [1.165, 1.54) is 37.0 Å². The van der Waals surface area contributed by atoms with Crippen LogP contribution in [0.2, 0.25) is 0 Å². The van der Waals surface area contributed by atoms with E-state index in [1.807, 2.05) is 0 Å². The van der Waals surface area contributed by atoms with E-state index in [0.717, 1.165) is 0 Å². The van der Waals surface area contributed by atoms with Gasteiger partial charge in [0, 0.05) is 9.91 Å². The van der Waals surface area contributed by atoms with Gasteiger partial charge in [-0.1, -0.05) is 19.8 Å². The summed E-state index contributed by atoms with van der Waals surface area (Å²) in [6.07, 6.45) is 4.35. The minimum Gasteiger partial charge on any atom is -0.144 e. The highest BCUT2D eigenvalue weighted by Gasteiger charge is 1.74. The molecule has 0 rings (SSSR count). The van der Waals surface area contributed by atoms with Gasteiger partial charge in [0.15, 0.2) is 0 Å². The van der Waals surface area contributed by atoms with Crippen LogP contribution in [0.3, 0.4) is 0 Å². The van der Waals surface area contributed by atoms with Crippen molar-refractivity contribution in [3.8, 4) is 0 Å². The minimum absolute atomic E-state index is 1.30. The summed E-state index contributed by atoms with van der Waals surface area (Å²) in [5.41, 5.74) is 0. The van der Waals surface area contributed by atoms with Crippen molar-refractivity contribution in [3.63, 3.8) is 0 Å². The lowest BCUT2D eigenvalue weighted by atomic mass is 10.4. The van der Waals surface area contributed by atoms with Crippen molar-refractivity contribution in [2.45, 2.75) is 19.8 Å². The third kappa shape index (κ3) is 4.65. The van der Waals surface area contributed by atoms with Gasteiger partial charge in [-0.25, -0.2) is 0 Å². The van der Waals surface area contributed by atoms with Crippen molar-refractivity contribution in [3.05, 3.63) is 0 Å². The van der Waals surface area contributed by atoms with Crippen LogP contribution in [-0.4, -0.2) is 16.1 Å². The van der Waals surface area contributed by atoms with Gasteiger partial charge in [-0.3, -0.25) is 0 Å². The molecule has 6 heavy (non-hydrogen) atoms. The van der Waals surface area contributed by atoms with Crippen molar-refractivity contribution >= 4 is 18.0 Å². The van der Waals surface area contributed by atoms with Crippen molar-refractivity contribution in [2.24, 2.45) is 0 Å². The topological polar surface area (TPSA) is 0 Å². The Morgan fingerprint density at radius 3 is 2.50 bits per heavy atom. The second kappa shape index (κ2) is 5.65. The Kier molecular flexibility index (Phi) is 6.26. The molecule has 0 aliphatic heterocycles. The Morgan fingerprint density at radius 1 is 1.67 bits per heavy atom. The third-order valence-electron chi connectivity index (χ3n) is 0.780. The molecule has 0 aromatic rings. The number of hydrogen-bond donors (Lipinski definition) is 0. The monoisotopic (exact) mass is 120 g/mol. The first-order valence-corrected chi connectivity index (χ1v) is 7.27. The standard InChI is InChI=1S/C4H13PSi/c1-2-3-4-5-6/h5H,2-4H2,1,6H3. The van der Waals surface area contributed by atoms with Crippen LogP contribution in [0.15, 0.2) is 0 Å². The molecule has 0 spiro atoms. The smallest absolute Gasteiger partial charge is 0.0290 e. The summed E-state index contributed by atoms with van der Waals surface area (Å²) in [5, 5.41) is 0. The maximum Gasteiger partial charge on any atom is 0.0290 e. The fourth-order valence-electron chi connectivity index (χ4n) is 0.354. The van der Waals surface area contributed by atoms with E-state index in [1.54, 1.807) is 0 Å². The summed E-state index contributed by atoms with van der Waals surface area (Å²) in [5.74, 6) is 0. The summed E-state index contributed by atoms with van der Waals surface area (Å²) in [4.78, 5) is 0. The Hall–Kier alpha value is 0.647. The fraction of sp³-hybridized carbons (Fsp3) is 1.00. The molecular formula is C4H13PSi. The first kappa shape index (κ1) is 6.65. The lowest BCUT2D eigenvalue weighted by Crippen LogP contribution is -1.70. The van der Waals surface area contributed by atoms with Gasteiger partial charge < -0.3 is 0 Å². The van der Waals surface area contributed by atoms with E-state index in [4.69, 9.17) is 0 Å². The molecule has 0 amide bonds. The summed E-state index contributed by atoms with van der Waals surface area (Å²) in [6, 6.07) is 0. The molecule has 0 heterocycles. The number of rotatable bonds is 3. The van der Waals surface area contributed by atoms with Crippen LogP contribution in [0.4, 0.5) is 0 Å². The summed E-state index contributed by atoms with van der Waals surface area (Å²) >= 11 is 0. The lowest BCUT2D eigenvalue weighted by Gasteiger charge is -1.86. The molecule has 1 unspecified atom stereocenters. The molecule has 0 fully saturated rings. The molecule has 1 atom stereocenters. The molecule has 2 heteroatoms. The van der Waals surface area contributed by atoms with Gasteiger partial charge in [-0.15, -0.1) is 8.13 Å².